The van der Waals surface area contributed by atoms with Gasteiger partial charge in [-0.3, -0.25) is 4.79 Å². The lowest BCUT2D eigenvalue weighted by molar-refractivity contribution is -0.154. The number of rotatable bonds is 7. The third-order valence-electron chi connectivity index (χ3n) is 2.46. The number of nitrogens with one attached hydrogen (secondary N) is 1. The average molecular weight is 306 g/mol. The topological polar surface area (TPSA) is 71.5 Å². The Balaban J connectivity index is 2.56. The second-order valence-corrected chi connectivity index (χ2v) is 4.42. The number of aliphatic hydroxyl groups excluding tert-OH is 1. The molecule has 1 amide bonds. The first-order chi connectivity index (χ1) is 9.81. The predicted molar refractivity (Wildman–Crippen MR) is 69.0 cm³/mol. The Morgan fingerprint density at radius 1 is 1.48 bits per heavy atom. The minimum Gasteiger partial charge on any atom is -0.468 e. The summed E-state index contributed by atoms with van der Waals surface area (Å²) < 4.78 is 40.5. The van der Waals surface area contributed by atoms with Gasteiger partial charge < -0.3 is 15.2 Å². The van der Waals surface area contributed by atoms with Gasteiger partial charge in [-0.05, 0) is 12.5 Å². The molecule has 1 rings (SSSR count). The van der Waals surface area contributed by atoms with Crippen molar-refractivity contribution in [3.05, 3.63) is 23.9 Å². The molecule has 0 spiro atoms. The summed E-state index contributed by atoms with van der Waals surface area (Å²) >= 11 is 0. The number of hydrogen-bond acceptors (Lipinski definition) is 4. The Labute approximate surface area is 120 Å². The molecule has 1 aromatic heterocycles. The molecule has 0 aliphatic carbocycles. The van der Waals surface area contributed by atoms with E-state index in [1.165, 1.54) is 18.2 Å². The number of aliphatic hydroxyl groups is 1. The van der Waals surface area contributed by atoms with Crippen molar-refractivity contribution in [3.63, 3.8) is 0 Å². The number of aromatic nitrogens is 1. The Kier molecular flexibility index (Phi) is 6.41. The third kappa shape index (κ3) is 6.94. The Bertz CT molecular complexity index is 466. The summed E-state index contributed by atoms with van der Waals surface area (Å²) in [7, 11) is 0. The molecule has 0 aromatic carbocycles. The summed E-state index contributed by atoms with van der Waals surface area (Å²) in [5.41, 5.74) is -0.0710. The maximum absolute atomic E-state index is 12.0. The molecular formula is C13H17F3N2O3. The second kappa shape index (κ2) is 7.82. The van der Waals surface area contributed by atoms with Crippen LogP contribution in [-0.4, -0.2) is 41.4 Å². The number of pyridine rings is 1. The van der Waals surface area contributed by atoms with Crippen LogP contribution in [0.2, 0.25) is 0 Å². The highest BCUT2D eigenvalue weighted by molar-refractivity contribution is 5.92. The average Bonchev–Trinajstić information content (AvgIpc) is 2.42. The van der Waals surface area contributed by atoms with E-state index in [1.807, 2.05) is 6.92 Å². The number of ether oxygens (including phenoxy) is 1. The quantitative estimate of drug-likeness (QED) is 0.807. The summed E-state index contributed by atoms with van der Waals surface area (Å²) in [6.07, 6.45) is -3.81. The van der Waals surface area contributed by atoms with Gasteiger partial charge in [0.25, 0.3) is 5.91 Å². The molecule has 1 unspecified atom stereocenters. The van der Waals surface area contributed by atoms with Crippen molar-refractivity contribution in [1.82, 2.24) is 10.3 Å². The fourth-order valence-corrected chi connectivity index (χ4v) is 1.51. The summed E-state index contributed by atoms with van der Waals surface area (Å²) in [5, 5.41) is 11.9. The van der Waals surface area contributed by atoms with Crippen molar-refractivity contribution in [2.75, 3.05) is 13.2 Å². The smallest absolute Gasteiger partial charge is 0.422 e. The number of amides is 1. The van der Waals surface area contributed by atoms with Gasteiger partial charge in [0.1, 0.15) is 5.69 Å². The lowest BCUT2D eigenvalue weighted by atomic mass is 10.2. The van der Waals surface area contributed by atoms with Gasteiger partial charge in [0.2, 0.25) is 5.88 Å². The lowest BCUT2D eigenvalue weighted by Gasteiger charge is -2.11. The Morgan fingerprint density at radius 2 is 2.19 bits per heavy atom. The zero-order valence-corrected chi connectivity index (χ0v) is 11.5. The van der Waals surface area contributed by atoms with Crippen molar-refractivity contribution < 1.29 is 27.8 Å². The van der Waals surface area contributed by atoms with Gasteiger partial charge in [0, 0.05) is 12.6 Å². The summed E-state index contributed by atoms with van der Waals surface area (Å²) in [6.45, 7) is 0.482. The van der Waals surface area contributed by atoms with Gasteiger partial charge in [-0.2, -0.15) is 13.2 Å². The number of carbonyl (C=O) groups excluding carboxylic acids is 1. The van der Waals surface area contributed by atoms with Gasteiger partial charge in [-0.1, -0.05) is 19.4 Å². The molecule has 0 bridgehead atoms. The summed E-state index contributed by atoms with van der Waals surface area (Å²) in [6, 6.07) is 3.95. The number of halogens is 3. The van der Waals surface area contributed by atoms with Crippen LogP contribution in [0.3, 0.4) is 0 Å². The number of nitrogens with zero attached hydrogens (tertiary/aromatic N) is 1. The number of hydrogen-bond donors (Lipinski definition) is 2. The maximum atomic E-state index is 12.0. The molecule has 1 atom stereocenters. The summed E-state index contributed by atoms with van der Waals surface area (Å²) in [4.78, 5) is 15.4. The van der Waals surface area contributed by atoms with E-state index in [9.17, 15) is 23.1 Å². The number of carbonyl (C=O) groups is 1. The van der Waals surface area contributed by atoms with Crippen LogP contribution in [0, 0.1) is 0 Å². The zero-order chi connectivity index (χ0) is 15.9. The van der Waals surface area contributed by atoms with Crippen LogP contribution in [-0.2, 0) is 0 Å². The molecule has 0 fully saturated rings. The van der Waals surface area contributed by atoms with E-state index in [0.717, 1.165) is 6.42 Å². The van der Waals surface area contributed by atoms with Crippen LogP contribution in [0.5, 0.6) is 5.88 Å². The fraction of sp³-hybridized carbons (Fsp3) is 0.538. The molecule has 1 aromatic rings. The van der Waals surface area contributed by atoms with E-state index in [2.05, 4.69) is 15.0 Å². The van der Waals surface area contributed by atoms with Crippen LogP contribution in [0.4, 0.5) is 13.2 Å². The van der Waals surface area contributed by atoms with Crippen LogP contribution in [0.1, 0.15) is 30.3 Å². The lowest BCUT2D eigenvalue weighted by Crippen LogP contribution is -2.32. The molecule has 5 nitrogen and oxygen atoms in total. The molecular weight excluding hydrogens is 289 g/mol. The molecule has 21 heavy (non-hydrogen) atoms. The van der Waals surface area contributed by atoms with E-state index in [-0.39, 0.29) is 18.1 Å². The minimum atomic E-state index is -4.47. The van der Waals surface area contributed by atoms with Gasteiger partial charge >= 0.3 is 6.18 Å². The van der Waals surface area contributed by atoms with Crippen LogP contribution in [0.15, 0.2) is 18.2 Å². The highest BCUT2D eigenvalue weighted by Crippen LogP contribution is 2.17. The molecule has 0 aliphatic rings. The SMILES string of the molecule is CCCC(O)CNC(=O)c1cccc(OCC(F)(F)F)n1. The first kappa shape index (κ1) is 17.2. The zero-order valence-electron chi connectivity index (χ0n) is 11.5. The third-order valence-corrected chi connectivity index (χ3v) is 2.46. The first-order valence-electron chi connectivity index (χ1n) is 6.44. The van der Waals surface area contributed by atoms with Crippen molar-refractivity contribution in [3.8, 4) is 5.88 Å². The maximum Gasteiger partial charge on any atom is 0.422 e. The number of alkyl halides is 3. The molecule has 2 N–H and O–H groups in total. The van der Waals surface area contributed by atoms with E-state index in [4.69, 9.17) is 0 Å². The molecule has 8 heteroatoms. The second-order valence-electron chi connectivity index (χ2n) is 4.42. The summed E-state index contributed by atoms with van der Waals surface area (Å²) in [5.74, 6) is -0.864. The predicted octanol–water partition coefficient (Wildman–Crippen LogP) is 1.91. The first-order valence-corrected chi connectivity index (χ1v) is 6.44. The van der Waals surface area contributed by atoms with Crippen LogP contribution in [0.25, 0.3) is 0 Å². The molecule has 0 aliphatic heterocycles. The van der Waals surface area contributed by atoms with Crippen molar-refractivity contribution in [1.29, 1.82) is 0 Å². The van der Waals surface area contributed by atoms with E-state index in [0.29, 0.717) is 6.42 Å². The van der Waals surface area contributed by atoms with Crippen molar-refractivity contribution in [2.45, 2.75) is 32.0 Å². The van der Waals surface area contributed by atoms with Crippen molar-refractivity contribution in [2.24, 2.45) is 0 Å². The Hall–Kier alpha value is -1.83. The minimum absolute atomic E-state index is 0.0575. The molecule has 0 saturated carbocycles. The van der Waals surface area contributed by atoms with Crippen molar-refractivity contribution >= 4 is 5.91 Å². The standard InChI is InChI=1S/C13H17F3N2O3/c1-2-4-9(19)7-17-12(20)10-5-3-6-11(18-10)21-8-13(14,15)16/h3,5-6,9,19H,2,4,7-8H2,1H3,(H,17,20). The van der Waals surface area contributed by atoms with E-state index in [1.54, 1.807) is 0 Å². The van der Waals surface area contributed by atoms with Gasteiger partial charge in [0.15, 0.2) is 6.61 Å². The monoisotopic (exact) mass is 306 g/mol. The van der Waals surface area contributed by atoms with Gasteiger partial charge in [-0.25, -0.2) is 4.98 Å². The normalized spacial score (nSPS) is 12.8. The fourth-order valence-electron chi connectivity index (χ4n) is 1.51. The van der Waals surface area contributed by atoms with Crippen LogP contribution < -0.4 is 10.1 Å². The molecule has 0 radical (unpaired) electrons. The van der Waals surface area contributed by atoms with Gasteiger partial charge in [-0.15, -0.1) is 0 Å². The molecule has 0 saturated heterocycles. The van der Waals surface area contributed by atoms with Crippen LogP contribution >= 0.6 is 0 Å². The van der Waals surface area contributed by atoms with Gasteiger partial charge in [0.05, 0.1) is 6.10 Å². The Morgan fingerprint density at radius 3 is 2.81 bits per heavy atom. The van der Waals surface area contributed by atoms with E-state index < -0.39 is 24.8 Å². The van der Waals surface area contributed by atoms with E-state index >= 15 is 0 Å². The highest BCUT2D eigenvalue weighted by Gasteiger charge is 2.28. The molecule has 118 valence electrons. The molecule has 1 heterocycles. The highest BCUT2D eigenvalue weighted by atomic mass is 19.4. The largest absolute Gasteiger partial charge is 0.468 e.